The Morgan fingerprint density at radius 1 is 1.67 bits per heavy atom. The van der Waals surface area contributed by atoms with E-state index in [2.05, 4.69) is 19.9 Å². The fourth-order valence-corrected chi connectivity index (χ4v) is 2.24. The van der Waals surface area contributed by atoms with Gasteiger partial charge in [0, 0.05) is 13.6 Å². The number of aliphatic carboxylic acids is 1. The molecule has 0 saturated heterocycles. The van der Waals surface area contributed by atoms with Gasteiger partial charge >= 0.3 is 5.97 Å². The molecule has 18 heavy (non-hydrogen) atoms. The number of carboxylic acids is 1. The summed E-state index contributed by atoms with van der Waals surface area (Å²) in [5.74, 6) is -0.675. The Morgan fingerprint density at radius 3 is 2.83 bits per heavy atom. The van der Waals surface area contributed by atoms with Crippen LogP contribution < -0.4 is 4.72 Å². The topological polar surface area (TPSA) is 128 Å². The molecule has 9 nitrogen and oxygen atoms in total. The van der Waals surface area contributed by atoms with Crippen LogP contribution in [0.3, 0.4) is 0 Å². The van der Waals surface area contributed by atoms with Crippen LogP contribution in [0.15, 0.2) is 6.33 Å². The summed E-state index contributed by atoms with van der Waals surface area (Å²) < 4.78 is 26.9. The molecule has 1 atom stereocenters. The molecular weight excluding hydrogens is 262 g/mol. The van der Waals surface area contributed by atoms with E-state index in [-0.39, 0.29) is 13.0 Å². The lowest BCUT2D eigenvalue weighted by Gasteiger charge is -2.19. The van der Waals surface area contributed by atoms with Gasteiger partial charge in [-0.15, -0.1) is 0 Å². The number of H-pyrrole nitrogens is 1. The van der Waals surface area contributed by atoms with Crippen molar-refractivity contribution in [3.05, 3.63) is 12.2 Å². The van der Waals surface area contributed by atoms with Crippen molar-refractivity contribution in [3.63, 3.8) is 0 Å². The van der Waals surface area contributed by atoms with Crippen LogP contribution in [-0.4, -0.2) is 52.6 Å². The fourth-order valence-electron chi connectivity index (χ4n) is 1.17. The largest absolute Gasteiger partial charge is 0.481 e. The Balaban J connectivity index is 2.61. The van der Waals surface area contributed by atoms with E-state index in [4.69, 9.17) is 5.11 Å². The van der Waals surface area contributed by atoms with Gasteiger partial charge in [0.15, 0.2) is 0 Å². The van der Waals surface area contributed by atoms with Crippen LogP contribution in [0.1, 0.15) is 25.2 Å². The highest BCUT2D eigenvalue weighted by Crippen LogP contribution is 2.08. The van der Waals surface area contributed by atoms with Gasteiger partial charge in [-0.2, -0.15) is 22.5 Å². The standard InChI is InChI=1S/C8H15N5O4S/c1-6(8-9-5-10-11-8)12-18(16,17)13(2)4-3-7(14)15/h5-6,12H,3-4H2,1-2H3,(H,14,15)(H,9,10,11). The van der Waals surface area contributed by atoms with Gasteiger partial charge in [0.2, 0.25) is 0 Å². The van der Waals surface area contributed by atoms with Crippen LogP contribution in [0.4, 0.5) is 0 Å². The van der Waals surface area contributed by atoms with Gasteiger partial charge in [0.05, 0.1) is 12.5 Å². The Bertz CT molecular complexity index is 486. The maximum absolute atomic E-state index is 11.8. The smallest absolute Gasteiger partial charge is 0.304 e. The summed E-state index contributed by atoms with van der Waals surface area (Å²) in [5.41, 5.74) is 0. The zero-order valence-electron chi connectivity index (χ0n) is 9.99. The Kier molecular flexibility index (Phi) is 4.76. The van der Waals surface area contributed by atoms with Crippen LogP contribution in [0, 0.1) is 0 Å². The highest BCUT2D eigenvalue weighted by atomic mass is 32.2. The number of hydrogen-bond acceptors (Lipinski definition) is 5. The van der Waals surface area contributed by atoms with E-state index < -0.39 is 22.2 Å². The van der Waals surface area contributed by atoms with Crippen molar-refractivity contribution in [2.75, 3.05) is 13.6 Å². The molecule has 10 heteroatoms. The second kappa shape index (κ2) is 5.89. The number of aromatic amines is 1. The number of nitrogens with one attached hydrogen (secondary N) is 2. The van der Waals surface area contributed by atoms with E-state index >= 15 is 0 Å². The van der Waals surface area contributed by atoms with Crippen molar-refractivity contribution < 1.29 is 18.3 Å². The summed E-state index contributed by atoms with van der Waals surface area (Å²) in [6.07, 6.45) is 1.02. The van der Waals surface area contributed by atoms with E-state index in [0.717, 1.165) is 4.31 Å². The first-order valence-electron chi connectivity index (χ1n) is 5.13. The summed E-state index contributed by atoms with van der Waals surface area (Å²) in [5, 5.41) is 14.7. The molecule has 0 amide bonds. The molecule has 1 heterocycles. The molecule has 0 spiro atoms. The summed E-state index contributed by atoms with van der Waals surface area (Å²) in [6.45, 7) is 1.50. The minimum absolute atomic E-state index is 0.103. The van der Waals surface area contributed by atoms with Crippen LogP contribution in [-0.2, 0) is 15.0 Å². The number of hydrogen-bond donors (Lipinski definition) is 3. The van der Waals surface area contributed by atoms with Crippen LogP contribution in [0.25, 0.3) is 0 Å². The van der Waals surface area contributed by atoms with E-state index in [9.17, 15) is 13.2 Å². The van der Waals surface area contributed by atoms with Crippen LogP contribution >= 0.6 is 0 Å². The monoisotopic (exact) mass is 277 g/mol. The summed E-state index contributed by atoms with van der Waals surface area (Å²) in [6, 6.07) is -0.579. The molecule has 1 aromatic heterocycles. The third-order valence-corrected chi connectivity index (χ3v) is 3.88. The average Bonchev–Trinajstić information content (AvgIpc) is 2.78. The molecule has 1 unspecified atom stereocenters. The molecule has 0 aromatic carbocycles. The lowest BCUT2D eigenvalue weighted by atomic mass is 10.3. The highest BCUT2D eigenvalue weighted by molar-refractivity contribution is 7.87. The third kappa shape index (κ3) is 4.05. The van der Waals surface area contributed by atoms with E-state index in [0.29, 0.717) is 5.82 Å². The first kappa shape index (κ1) is 14.5. The summed E-state index contributed by atoms with van der Waals surface area (Å²) in [7, 11) is -2.45. The first-order valence-corrected chi connectivity index (χ1v) is 6.57. The number of nitrogens with zero attached hydrogens (tertiary/aromatic N) is 3. The maximum atomic E-state index is 11.8. The average molecular weight is 277 g/mol. The molecule has 1 rings (SSSR count). The molecule has 0 aliphatic rings. The Labute approximate surface area is 104 Å². The molecule has 0 aliphatic carbocycles. The highest BCUT2D eigenvalue weighted by Gasteiger charge is 2.22. The molecule has 0 fully saturated rings. The number of aromatic nitrogens is 3. The lowest BCUT2D eigenvalue weighted by molar-refractivity contribution is -0.137. The quantitative estimate of drug-likeness (QED) is 0.593. The summed E-state index contributed by atoms with van der Waals surface area (Å²) >= 11 is 0. The van der Waals surface area contributed by atoms with Crippen molar-refractivity contribution >= 4 is 16.2 Å². The van der Waals surface area contributed by atoms with Gasteiger partial charge in [0.1, 0.15) is 12.2 Å². The van der Waals surface area contributed by atoms with Crippen LogP contribution in [0.5, 0.6) is 0 Å². The van der Waals surface area contributed by atoms with Gasteiger partial charge < -0.3 is 5.11 Å². The maximum Gasteiger partial charge on any atom is 0.304 e. The molecule has 3 N–H and O–H groups in total. The summed E-state index contributed by atoms with van der Waals surface area (Å²) in [4.78, 5) is 14.2. The van der Waals surface area contributed by atoms with E-state index in [1.807, 2.05) is 0 Å². The molecule has 0 radical (unpaired) electrons. The minimum atomic E-state index is -3.75. The molecule has 0 bridgehead atoms. The zero-order valence-corrected chi connectivity index (χ0v) is 10.8. The molecule has 102 valence electrons. The van der Waals surface area contributed by atoms with Gasteiger partial charge in [0.25, 0.3) is 10.2 Å². The SMILES string of the molecule is CC(NS(=O)(=O)N(C)CCC(=O)O)c1ncn[nH]1. The molecular formula is C8H15N5O4S. The van der Waals surface area contributed by atoms with Crippen LogP contribution in [0.2, 0.25) is 0 Å². The van der Waals surface area contributed by atoms with Crippen molar-refractivity contribution in [1.29, 1.82) is 0 Å². The van der Waals surface area contributed by atoms with Gasteiger partial charge in [-0.25, -0.2) is 4.98 Å². The number of carbonyl (C=O) groups is 1. The molecule has 0 saturated carbocycles. The number of carboxylic acid groups (broad SMARTS) is 1. The molecule has 0 aliphatic heterocycles. The predicted molar refractivity (Wildman–Crippen MR) is 61.7 cm³/mol. The second-order valence-electron chi connectivity index (χ2n) is 3.68. The normalized spacial score (nSPS) is 13.7. The van der Waals surface area contributed by atoms with Crippen molar-refractivity contribution in [2.24, 2.45) is 0 Å². The second-order valence-corrected chi connectivity index (χ2v) is 5.49. The van der Waals surface area contributed by atoms with E-state index in [1.54, 1.807) is 6.92 Å². The molecule has 1 aromatic rings. The van der Waals surface area contributed by atoms with Gasteiger partial charge in [-0.05, 0) is 6.92 Å². The first-order chi connectivity index (χ1) is 8.33. The Morgan fingerprint density at radius 2 is 2.33 bits per heavy atom. The zero-order chi connectivity index (χ0) is 13.8. The van der Waals surface area contributed by atoms with Crippen molar-refractivity contribution in [1.82, 2.24) is 24.2 Å². The third-order valence-electron chi connectivity index (χ3n) is 2.22. The lowest BCUT2D eigenvalue weighted by Crippen LogP contribution is -2.40. The minimum Gasteiger partial charge on any atom is -0.481 e. The predicted octanol–water partition coefficient (Wildman–Crippen LogP) is -0.893. The number of rotatable bonds is 7. The van der Waals surface area contributed by atoms with Crippen molar-refractivity contribution in [2.45, 2.75) is 19.4 Å². The van der Waals surface area contributed by atoms with E-state index in [1.165, 1.54) is 13.4 Å². The van der Waals surface area contributed by atoms with Gasteiger partial charge in [-0.1, -0.05) is 0 Å². The van der Waals surface area contributed by atoms with Gasteiger partial charge in [-0.3, -0.25) is 9.89 Å². The van der Waals surface area contributed by atoms with Crippen molar-refractivity contribution in [3.8, 4) is 0 Å². The fraction of sp³-hybridized carbons (Fsp3) is 0.625. The Hall–Kier alpha value is -1.52.